The quantitative estimate of drug-likeness (QED) is 0.707. The van der Waals surface area contributed by atoms with E-state index in [0.29, 0.717) is 30.1 Å². The van der Waals surface area contributed by atoms with E-state index in [1.54, 1.807) is 18.2 Å². The molecule has 1 N–H and O–H groups in total. The highest BCUT2D eigenvalue weighted by Gasteiger charge is 2.49. The van der Waals surface area contributed by atoms with Gasteiger partial charge < -0.3 is 9.64 Å². The first-order valence-corrected chi connectivity index (χ1v) is 10.9. The van der Waals surface area contributed by atoms with Crippen LogP contribution < -0.4 is 9.46 Å². The molecule has 0 bridgehead atoms. The van der Waals surface area contributed by atoms with Crippen molar-refractivity contribution in [2.45, 2.75) is 18.4 Å². The molecule has 1 saturated carbocycles. The van der Waals surface area contributed by atoms with Gasteiger partial charge in [-0.2, -0.15) is 0 Å². The van der Waals surface area contributed by atoms with Gasteiger partial charge >= 0.3 is 0 Å². The van der Waals surface area contributed by atoms with Gasteiger partial charge in [0, 0.05) is 37.3 Å². The monoisotopic (exact) mass is 415 g/mol. The van der Waals surface area contributed by atoms with E-state index in [1.807, 2.05) is 11.0 Å². The fourth-order valence-corrected chi connectivity index (χ4v) is 4.57. The minimum atomic E-state index is -2.80. The molecule has 0 radical (unpaired) electrons. The topological polar surface area (TPSA) is 79.0 Å². The molecule has 0 atom stereocenters. The molecule has 2 fully saturated rings. The predicted octanol–water partition coefficient (Wildman–Crippen LogP) is 2.08. The summed E-state index contributed by atoms with van der Waals surface area (Å²) in [4.78, 5) is 17.3. The summed E-state index contributed by atoms with van der Waals surface area (Å²) in [5.74, 6) is 0.264. The Morgan fingerprint density at radius 2 is 1.72 bits per heavy atom. The van der Waals surface area contributed by atoms with Crippen LogP contribution in [0.5, 0.6) is 5.75 Å². The number of nitrogens with zero attached hydrogens (tertiary/aromatic N) is 2. The van der Waals surface area contributed by atoms with Gasteiger partial charge in [-0.15, -0.1) is 0 Å². The van der Waals surface area contributed by atoms with Crippen LogP contribution in [-0.2, 0) is 16.4 Å². The lowest BCUT2D eigenvalue weighted by Crippen LogP contribution is -2.52. The Hall–Kier alpha value is -2.58. The molecule has 1 heterocycles. The van der Waals surface area contributed by atoms with Crippen molar-refractivity contribution in [3.8, 4) is 5.75 Å². The van der Waals surface area contributed by atoms with Crippen molar-refractivity contribution in [2.75, 3.05) is 38.0 Å². The number of ether oxygens (including phenoxy) is 1. The summed E-state index contributed by atoms with van der Waals surface area (Å²) in [5, 5.41) is 0. The van der Waals surface area contributed by atoms with Gasteiger partial charge in [-0.1, -0.05) is 30.3 Å². The molecule has 1 amide bonds. The van der Waals surface area contributed by atoms with Crippen LogP contribution in [0.15, 0.2) is 48.5 Å². The second-order valence-electron chi connectivity index (χ2n) is 7.46. The molecule has 7 nitrogen and oxygen atoms in total. The summed E-state index contributed by atoms with van der Waals surface area (Å²) < 4.78 is 29.4. The number of rotatable bonds is 6. The molecule has 29 heavy (non-hydrogen) atoms. The number of amides is 1. The van der Waals surface area contributed by atoms with Crippen molar-refractivity contribution >= 4 is 22.5 Å². The molecule has 1 aliphatic heterocycles. The highest BCUT2D eigenvalue weighted by atomic mass is 32.2. The standard InChI is InChI=1S/C21H25N3O4S/c1-28-19-15-16(7-8-18(19)22-29(26)27)20(25)23-11-13-24(14-12-23)21(9-10-21)17-5-3-2-4-6-17/h2-8,15,29H,9-14H2,1H3,(H,22,26,27). The number of nitrogens with one attached hydrogen (secondary N) is 1. The molecule has 2 aromatic rings. The normalized spacial score (nSPS) is 18.5. The van der Waals surface area contributed by atoms with Gasteiger partial charge in [0.05, 0.1) is 12.8 Å². The Balaban J connectivity index is 1.43. The SMILES string of the molecule is COc1cc(C(=O)N2CCN(C3(c4ccccc4)CC3)CC2)ccc1N[SH](=O)=O. The van der Waals surface area contributed by atoms with E-state index < -0.39 is 10.9 Å². The Kier molecular flexibility index (Phi) is 5.47. The van der Waals surface area contributed by atoms with Crippen LogP contribution in [0.1, 0.15) is 28.8 Å². The maximum atomic E-state index is 13.0. The first-order chi connectivity index (χ1) is 14.0. The highest BCUT2D eigenvalue weighted by Crippen LogP contribution is 2.51. The lowest BCUT2D eigenvalue weighted by atomic mass is 10.0. The number of hydrogen-bond acceptors (Lipinski definition) is 5. The lowest BCUT2D eigenvalue weighted by Gasteiger charge is -2.40. The van der Waals surface area contributed by atoms with Crippen LogP contribution in [0.2, 0.25) is 0 Å². The van der Waals surface area contributed by atoms with E-state index >= 15 is 0 Å². The summed E-state index contributed by atoms with van der Waals surface area (Å²) in [6.45, 7) is 3.02. The molecule has 1 aliphatic carbocycles. The van der Waals surface area contributed by atoms with E-state index in [4.69, 9.17) is 4.74 Å². The third-order valence-electron chi connectivity index (χ3n) is 5.87. The number of piperazine rings is 1. The smallest absolute Gasteiger partial charge is 0.254 e. The van der Waals surface area contributed by atoms with E-state index in [-0.39, 0.29) is 11.4 Å². The molecule has 0 unspecified atom stereocenters. The summed E-state index contributed by atoms with van der Waals surface area (Å²) in [7, 11) is -1.35. The summed E-state index contributed by atoms with van der Waals surface area (Å²) in [6, 6.07) is 15.4. The van der Waals surface area contributed by atoms with Crippen LogP contribution in [0.25, 0.3) is 0 Å². The number of thiol groups is 1. The van der Waals surface area contributed by atoms with Gasteiger partial charge in [0.25, 0.3) is 5.91 Å². The lowest BCUT2D eigenvalue weighted by molar-refractivity contribution is 0.0531. The second kappa shape index (κ2) is 8.04. The summed E-state index contributed by atoms with van der Waals surface area (Å²) in [5.41, 5.74) is 2.32. The molecule has 0 aromatic heterocycles. The number of benzene rings is 2. The zero-order valence-corrected chi connectivity index (χ0v) is 17.2. The van der Waals surface area contributed by atoms with Crippen molar-refractivity contribution in [3.63, 3.8) is 0 Å². The Bertz CT molecular complexity index is 957. The van der Waals surface area contributed by atoms with Crippen LogP contribution in [0.3, 0.4) is 0 Å². The zero-order chi connectivity index (χ0) is 20.4. The summed E-state index contributed by atoms with van der Waals surface area (Å²) in [6.07, 6.45) is 2.33. The van der Waals surface area contributed by atoms with Gasteiger partial charge in [-0.05, 0) is 36.6 Å². The molecule has 1 saturated heterocycles. The minimum Gasteiger partial charge on any atom is -0.495 e. The molecule has 2 aromatic carbocycles. The van der Waals surface area contributed by atoms with Crippen LogP contribution in [-0.4, -0.2) is 57.4 Å². The Morgan fingerprint density at radius 1 is 1.03 bits per heavy atom. The molecule has 154 valence electrons. The van der Waals surface area contributed by atoms with Crippen molar-refractivity contribution in [2.24, 2.45) is 0 Å². The zero-order valence-electron chi connectivity index (χ0n) is 16.3. The first-order valence-electron chi connectivity index (χ1n) is 9.72. The number of methoxy groups -OCH3 is 1. The van der Waals surface area contributed by atoms with Crippen molar-refractivity contribution in [1.82, 2.24) is 9.80 Å². The van der Waals surface area contributed by atoms with Crippen molar-refractivity contribution in [1.29, 1.82) is 0 Å². The van der Waals surface area contributed by atoms with Gasteiger partial charge in [0.1, 0.15) is 5.75 Å². The van der Waals surface area contributed by atoms with Crippen molar-refractivity contribution < 1.29 is 17.9 Å². The highest BCUT2D eigenvalue weighted by molar-refractivity contribution is 7.73. The Morgan fingerprint density at radius 3 is 2.31 bits per heavy atom. The largest absolute Gasteiger partial charge is 0.495 e. The minimum absolute atomic E-state index is 0.0643. The molecule has 8 heteroatoms. The van der Waals surface area contributed by atoms with E-state index in [1.165, 1.54) is 25.5 Å². The van der Waals surface area contributed by atoms with Gasteiger partial charge in [-0.3, -0.25) is 14.4 Å². The summed E-state index contributed by atoms with van der Waals surface area (Å²) >= 11 is 0. The third kappa shape index (κ3) is 3.95. The second-order valence-corrected chi connectivity index (χ2v) is 8.20. The van der Waals surface area contributed by atoms with E-state index in [0.717, 1.165) is 13.1 Å². The van der Waals surface area contributed by atoms with Crippen LogP contribution >= 0.6 is 0 Å². The van der Waals surface area contributed by atoms with Crippen LogP contribution in [0.4, 0.5) is 5.69 Å². The number of anilines is 1. The third-order valence-corrected chi connectivity index (χ3v) is 6.29. The van der Waals surface area contributed by atoms with Gasteiger partial charge in [0.2, 0.25) is 10.9 Å². The predicted molar refractivity (Wildman–Crippen MR) is 112 cm³/mol. The Labute approximate surface area is 172 Å². The average molecular weight is 416 g/mol. The van der Waals surface area contributed by atoms with E-state index in [2.05, 4.69) is 33.9 Å². The molecule has 2 aliphatic rings. The van der Waals surface area contributed by atoms with Gasteiger partial charge in [0.15, 0.2) is 0 Å². The first kappa shape index (κ1) is 19.7. The molecule has 0 spiro atoms. The number of hydrogen-bond donors (Lipinski definition) is 2. The maximum absolute atomic E-state index is 13.0. The molecular formula is C21H25N3O4S. The average Bonchev–Trinajstić information content (AvgIpc) is 3.56. The fourth-order valence-electron chi connectivity index (χ4n) is 4.19. The molecular weight excluding hydrogens is 390 g/mol. The molecule has 4 rings (SSSR count). The number of carbonyl (C=O) groups is 1. The number of carbonyl (C=O) groups excluding carboxylic acids is 1. The van der Waals surface area contributed by atoms with Crippen LogP contribution in [0, 0.1) is 0 Å². The fraction of sp³-hybridized carbons (Fsp3) is 0.381. The van der Waals surface area contributed by atoms with E-state index in [9.17, 15) is 13.2 Å². The maximum Gasteiger partial charge on any atom is 0.254 e. The van der Waals surface area contributed by atoms with Crippen molar-refractivity contribution in [3.05, 3.63) is 59.7 Å². The van der Waals surface area contributed by atoms with Gasteiger partial charge in [-0.25, -0.2) is 8.42 Å².